The first-order chi connectivity index (χ1) is 11.5. The Morgan fingerprint density at radius 2 is 1.92 bits per heavy atom. The Balaban J connectivity index is 1.78. The number of halogens is 1. The fraction of sp³-hybridized carbons (Fsp3) is 0.222. The molecule has 0 radical (unpaired) electrons. The number of carbonyl (C=O) groups excluding carboxylic acids is 1. The summed E-state index contributed by atoms with van der Waals surface area (Å²) in [5.74, 6) is -1.23. The van der Waals surface area contributed by atoms with Crippen LogP contribution in [-0.4, -0.2) is 23.6 Å². The molecule has 0 spiro atoms. The molecule has 1 amide bonds. The van der Waals surface area contributed by atoms with Gasteiger partial charge in [-0.2, -0.15) is 0 Å². The van der Waals surface area contributed by atoms with Gasteiger partial charge < -0.3 is 15.2 Å². The van der Waals surface area contributed by atoms with Gasteiger partial charge in [0.2, 0.25) is 0 Å². The lowest BCUT2D eigenvalue weighted by atomic mass is 10.1. The van der Waals surface area contributed by atoms with Crippen LogP contribution in [0.25, 0.3) is 0 Å². The van der Waals surface area contributed by atoms with E-state index in [1.165, 1.54) is 42.5 Å². The second-order valence-corrected chi connectivity index (χ2v) is 5.73. The molecule has 0 bridgehead atoms. The Labute approximate surface area is 138 Å². The average molecular weight is 329 g/mol. The second-order valence-electron chi connectivity index (χ2n) is 5.73. The number of aromatic carboxylic acids is 1. The molecule has 1 aliphatic rings. The molecule has 3 rings (SSSR count). The van der Waals surface area contributed by atoms with E-state index in [4.69, 9.17) is 9.84 Å². The van der Waals surface area contributed by atoms with Gasteiger partial charge in [-0.15, -0.1) is 0 Å². The Morgan fingerprint density at radius 1 is 1.17 bits per heavy atom. The SMILES string of the molecule is O=C(O)c1cccc(C(=O)Nc2cc(F)ccc2OCC2CC2)c1. The maximum atomic E-state index is 13.5. The number of ether oxygens (including phenoxy) is 1. The highest BCUT2D eigenvalue weighted by molar-refractivity contribution is 6.06. The van der Waals surface area contributed by atoms with E-state index < -0.39 is 17.7 Å². The van der Waals surface area contributed by atoms with Crippen molar-refractivity contribution in [3.05, 3.63) is 59.4 Å². The number of anilines is 1. The molecule has 0 unspecified atom stereocenters. The molecule has 2 N–H and O–H groups in total. The standard InChI is InChI=1S/C18H16FNO4/c19-14-6-7-16(24-10-11-4-5-11)15(9-14)20-17(21)12-2-1-3-13(8-12)18(22)23/h1-3,6-9,11H,4-5,10H2,(H,20,21)(H,22,23). The van der Waals surface area contributed by atoms with Crippen LogP contribution in [0.1, 0.15) is 33.6 Å². The van der Waals surface area contributed by atoms with E-state index in [1.54, 1.807) is 0 Å². The number of hydrogen-bond acceptors (Lipinski definition) is 3. The third-order valence-electron chi connectivity index (χ3n) is 3.73. The van der Waals surface area contributed by atoms with Crippen LogP contribution in [0.4, 0.5) is 10.1 Å². The van der Waals surface area contributed by atoms with Gasteiger partial charge in [-0.25, -0.2) is 9.18 Å². The van der Waals surface area contributed by atoms with E-state index in [0.29, 0.717) is 18.3 Å². The van der Waals surface area contributed by atoms with Crippen molar-refractivity contribution in [2.24, 2.45) is 5.92 Å². The van der Waals surface area contributed by atoms with Crippen LogP contribution in [-0.2, 0) is 0 Å². The minimum absolute atomic E-state index is 0.00657. The van der Waals surface area contributed by atoms with Crippen molar-refractivity contribution in [1.29, 1.82) is 0 Å². The molecular weight excluding hydrogens is 313 g/mol. The maximum Gasteiger partial charge on any atom is 0.335 e. The first-order valence-electron chi connectivity index (χ1n) is 7.60. The van der Waals surface area contributed by atoms with E-state index in [9.17, 15) is 14.0 Å². The third kappa shape index (κ3) is 3.90. The van der Waals surface area contributed by atoms with Gasteiger partial charge >= 0.3 is 5.97 Å². The Bertz CT molecular complexity index is 786. The molecule has 2 aromatic carbocycles. The van der Waals surface area contributed by atoms with E-state index in [0.717, 1.165) is 12.8 Å². The van der Waals surface area contributed by atoms with Gasteiger partial charge in [0.15, 0.2) is 0 Å². The molecule has 0 aliphatic heterocycles. The van der Waals surface area contributed by atoms with Crippen molar-refractivity contribution < 1.29 is 23.8 Å². The summed E-state index contributed by atoms with van der Waals surface area (Å²) in [7, 11) is 0. The molecule has 1 saturated carbocycles. The fourth-order valence-corrected chi connectivity index (χ4v) is 2.21. The fourth-order valence-electron chi connectivity index (χ4n) is 2.21. The zero-order valence-electron chi connectivity index (χ0n) is 12.8. The van der Waals surface area contributed by atoms with E-state index in [1.807, 2.05) is 0 Å². The van der Waals surface area contributed by atoms with Gasteiger partial charge in [-0.3, -0.25) is 4.79 Å². The third-order valence-corrected chi connectivity index (χ3v) is 3.73. The molecule has 24 heavy (non-hydrogen) atoms. The average Bonchev–Trinajstić information content (AvgIpc) is 3.38. The highest BCUT2D eigenvalue weighted by atomic mass is 19.1. The maximum absolute atomic E-state index is 13.5. The highest BCUT2D eigenvalue weighted by Gasteiger charge is 2.22. The summed E-state index contributed by atoms with van der Waals surface area (Å²) in [6, 6.07) is 9.55. The number of carbonyl (C=O) groups is 2. The summed E-state index contributed by atoms with van der Waals surface area (Å²) in [5, 5.41) is 11.6. The van der Waals surface area contributed by atoms with Crippen molar-refractivity contribution in [3.8, 4) is 5.75 Å². The van der Waals surface area contributed by atoms with Crippen LogP contribution < -0.4 is 10.1 Å². The number of nitrogens with one attached hydrogen (secondary N) is 1. The minimum Gasteiger partial charge on any atom is -0.491 e. The van der Waals surface area contributed by atoms with Crippen LogP contribution in [0.5, 0.6) is 5.75 Å². The van der Waals surface area contributed by atoms with Gasteiger partial charge in [-0.1, -0.05) is 6.07 Å². The summed E-state index contributed by atoms with van der Waals surface area (Å²) < 4.78 is 19.1. The van der Waals surface area contributed by atoms with Crippen LogP contribution >= 0.6 is 0 Å². The lowest BCUT2D eigenvalue weighted by Crippen LogP contribution is -2.14. The van der Waals surface area contributed by atoms with E-state index >= 15 is 0 Å². The summed E-state index contributed by atoms with van der Waals surface area (Å²) in [5.41, 5.74) is 0.404. The number of hydrogen-bond donors (Lipinski definition) is 2. The van der Waals surface area contributed by atoms with Gasteiger partial charge in [0.1, 0.15) is 11.6 Å². The first kappa shape index (κ1) is 16.0. The van der Waals surface area contributed by atoms with E-state index in [2.05, 4.69) is 5.32 Å². The molecule has 0 atom stereocenters. The van der Waals surface area contributed by atoms with Crippen LogP contribution in [0.2, 0.25) is 0 Å². The molecule has 0 heterocycles. The normalized spacial score (nSPS) is 13.4. The van der Waals surface area contributed by atoms with E-state index in [-0.39, 0.29) is 16.8 Å². The van der Waals surface area contributed by atoms with Crippen molar-refractivity contribution in [3.63, 3.8) is 0 Å². The topological polar surface area (TPSA) is 75.6 Å². The molecule has 0 saturated heterocycles. The van der Waals surface area contributed by atoms with Crippen molar-refractivity contribution in [2.75, 3.05) is 11.9 Å². The van der Waals surface area contributed by atoms with Gasteiger partial charge in [-0.05, 0) is 49.1 Å². The molecule has 1 fully saturated rings. The van der Waals surface area contributed by atoms with Crippen LogP contribution in [0.15, 0.2) is 42.5 Å². The van der Waals surface area contributed by atoms with Crippen molar-refractivity contribution in [1.82, 2.24) is 0 Å². The first-order valence-corrected chi connectivity index (χ1v) is 7.60. The Morgan fingerprint density at radius 3 is 2.62 bits per heavy atom. The number of carboxylic acid groups (broad SMARTS) is 1. The molecule has 1 aliphatic carbocycles. The zero-order valence-corrected chi connectivity index (χ0v) is 12.8. The molecule has 6 heteroatoms. The van der Waals surface area contributed by atoms with Crippen LogP contribution in [0.3, 0.4) is 0 Å². The minimum atomic E-state index is -1.12. The van der Waals surface area contributed by atoms with Crippen LogP contribution in [0, 0.1) is 11.7 Å². The summed E-state index contributed by atoms with van der Waals surface area (Å²) in [4.78, 5) is 23.3. The lowest BCUT2D eigenvalue weighted by Gasteiger charge is -2.13. The second kappa shape index (κ2) is 6.70. The highest BCUT2D eigenvalue weighted by Crippen LogP contribution is 2.32. The van der Waals surface area contributed by atoms with Gasteiger partial charge in [0.05, 0.1) is 17.9 Å². The summed E-state index contributed by atoms with van der Waals surface area (Å²) in [6.45, 7) is 0.531. The van der Waals surface area contributed by atoms with Gasteiger partial charge in [0.25, 0.3) is 5.91 Å². The number of carboxylic acids is 1. The van der Waals surface area contributed by atoms with Crippen molar-refractivity contribution in [2.45, 2.75) is 12.8 Å². The molecule has 2 aromatic rings. The number of benzene rings is 2. The monoisotopic (exact) mass is 329 g/mol. The number of amides is 1. The Kier molecular flexibility index (Phi) is 4.46. The lowest BCUT2D eigenvalue weighted by molar-refractivity contribution is 0.0697. The predicted molar refractivity (Wildman–Crippen MR) is 86.0 cm³/mol. The Hall–Kier alpha value is -2.89. The quantitative estimate of drug-likeness (QED) is 0.849. The smallest absolute Gasteiger partial charge is 0.335 e. The van der Waals surface area contributed by atoms with Gasteiger partial charge in [0, 0.05) is 11.6 Å². The summed E-state index contributed by atoms with van der Waals surface area (Å²) in [6.07, 6.45) is 2.23. The summed E-state index contributed by atoms with van der Waals surface area (Å²) >= 11 is 0. The molecular formula is C18H16FNO4. The molecule has 124 valence electrons. The zero-order chi connectivity index (χ0) is 17.1. The molecule has 0 aromatic heterocycles. The predicted octanol–water partition coefficient (Wildman–Crippen LogP) is 3.57. The number of rotatable bonds is 6. The molecule has 5 nitrogen and oxygen atoms in total. The van der Waals surface area contributed by atoms with Crippen molar-refractivity contribution >= 4 is 17.6 Å². The largest absolute Gasteiger partial charge is 0.491 e.